The van der Waals surface area contributed by atoms with Gasteiger partial charge in [-0.3, -0.25) is 0 Å². The van der Waals surface area contributed by atoms with E-state index in [0.29, 0.717) is 0 Å². The Hall–Kier alpha value is -0.240. The highest BCUT2D eigenvalue weighted by molar-refractivity contribution is 4.79. The molecule has 0 aliphatic heterocycles. The molecule has 6 nitrogen and oxygen atoms in total. The average Bonchev–Trinajstić information content (AvgIpc) is 2.12. The van der Waals surface area contributed by atoms with Gasteiger partial charge in [-0.2, -0.15) is 0 Å². The molecule has 74 valence electrons. The zero-order valence-corrected chi connectivity index (χ0v) is 6.67. The van der Waals surface area contributed by atoms with Crippen molar-refractivity contribution in [2.75, 3.05) is 13.2 Å². The van der Waals surface area contributed by atoms with Crippen molar-refractivity contribution in [3.63, 3.8) is 0 Å². The summed E-state index contributed by atoms with van der Waals surface area (Å²) in [4.78, 5) is 0. The van der Waals surface area contributed by atoms with Crippen LogP contribution in [0.4, 0.5) is 0 Å². The minimum absolute atomic E-state index is 0.0242. The van der Waals surface area contributed by atoms with E-state index in [9.17, 15) is 0 Å². The van der Waals surface area contributed by atoms with E-state index in [0.717, 1.165) is 0 Å². The first-order valence-electron chi connectivity index (χ1n) is 3.67. The van der Waals surface area contributed by atoms with Crippen LogP contribution < -0.4 is 5.73 Å². The van der Waals surface area contributed by atoms with Crippen molar-refractivity contribution in [1.82, 2.24) is 0 Å². The minimum Gasteiger partial charge on any atom is -0.394 e. The summed E-state index contributed by atoms with van der Waals surface area (Å²) in [6.07, 6.45) is -5.67. The molecule has 12 heavy (non-hydrogen) atoms. The lowest BCUT2D eigenvalue weighted by atomic mass is 10.0. The van der Waals surface area contributed by atoms with E-state index in [4.69, 9.17) is 25.5 Å². The van der Waals surface area contributed by atoms with Crippen LogP contribution in [-0.2, 0) is 0 Å². The highest BCUT2D eigenvalue weighted by Gasteiger charge is 2.29. The molecule has 0 aliphatic carbocycles. The number of aliphatic hydroxyl groups is 5. The van der Waals surface area contributed by atoms with Gasteiger partial charge in [0.05, 0.1) is 6.61 Å². The summed E-state index contributed by atoms with van der Waals surface area (Å²) in [5.74, 6) is 0. The van der Waals surface area contributed by atoms with Crippen molar-refractivity contribution in [2.24, 2.45) is 0 Å². The Kier molecular flexibility index (Phi) is 5.31. The Morgan fingerprint density at radius 3 is 1.67 bits per heavy atom. The largest absolute Gasteiger partial charge is 0.394 e. The van der Waals surface area contributed by atoms with Gasteiger partial charge < -0.3 is 31.3 Å². The van der Waals surface area contributed by atoms with Crippen molar-refractivity contribution in [1.29, 1.82) is 0 Å². The fourth-order valence-corrected chi connectivity index (χ4v) is 0.734. The Morgan fingerprint density at radius 2 is 1.33 bits per heavy atom. The molecule has 0 bridgehead atoms. The van der Waals surface area contributed by atoms with Gasteiger partial charge in [-0.05, 0) is 0 Å². The molecule has 0 fully saturated rings. The zero-order valence-electron chi connectivity index (χ0n) is 6.67. The smallest absolute Gasteiger partial charge is 0.131 e. The molecule has 0 radical (unpaired) electrons. The van der Waals surface area contributed by atoms with Crippen LogP contribution in [0, 0.1) is 0 Å². The molecule has 0 saturated carbocycles. The first-order valence-corrected chi connectivity index (χ1v) is 3.67. The molecule has 0 aromatic carbocycles. The fraction of sp³-hybridized carbons (Fsp3) is 1.00. The lowest BCUT2D eigenvalue weighted by Gasteiger charge is -2.23. The number of hydrogen-bond donors (Lipinski definition) is 6. The molecule has 0 heterocycles. The third kappa shape index (κ3) is 3.02. The van der Waals surface area contributed by atoms with Crippen LogP contribution in [-0.4, -0.2) is 63.1 Å². The monoisotopic (exact) mass is 182 g/mol. The molecule has 0 spiro atoms. The van der Waals surface area contributed by atoms with E-state index in [1.807, 2.05) is 0 Å². The molecular formula is C6H16NO5+. The van der Waals surface area contributed by atoms with Crippen LogP contribution >= 0.6 is 0 Å². The molecule has 0 aliphatic rings. The highest BCUT2D eigenvalue weighted by Crippen LogP contribution is 2.03. The van der Waals surface area contributed by atoms with Crippen LogP contribution in [0.1, 0.15) is 0 Å². The SMILES string of the molecule is [NH3+]C[C@@H](O)[C@@H](O)[C@H](O)[C@H](O)CO. The minimum atomic E-state index is -1.55. The fourth-order valence-electron chi connectivity index (χ4n) is 0.734. The molecule has 0 aromatic rings. The van der Waals surface area contributed by atoms with E-state index in [1.54, 1.807) is 0 Å². The molecule has 6 heteroatoms. The van der Waals surface area contributed by atoms with Crippen molar-refractivity contribution >= 4 is 0 Å². The maximum atomic E-state index is 9.08. The van der Waals surface area contributed by atoms with E-state index < -0.39 is 31.0 Å². The van der Waals surface area contributed by atoms with E-state index >= 15 is 0 Å². The van der Waals surface area contributed by atoms with Gasteiger partial charge in [-0.15, -0.1) is 0 Å². The maximum absolute atomic E-state index is 9.08. The zero-order chi connectivity index (χ0) is 9.72. The Balaban J connectivity index is 3.99. The first-order chi connectivity index (χ1) is 5.54. The van der Waals surface area contributed by atoms with Gasteiger partial charge in [0.1, 0.15) is 31.0 Å². The summed E-state index contributed by atoms with van der Waals surface area (Å²) in [6.45, 7) is -0.640. The van der Waals surface area contributed by atoms with Crippen molar-refractivity contribution in [3.8, 4) is 0 Å². The number of quaternary nitrogens is 1. The molecule has 0 rings (SSSR count). The topological polar surface area (TPSA) is 129 Å². The highest BCUT2D eigenvalue weighted by atomic mass is 16.4. The third-order valence-corrected chi connectivity index (χ3v) is 1.62. The van der Waals surface area contributed by atoms with Crippen molar-refractivity contribution < 1.29 is 31.3 Å². The quantitative estimate of drug-likeness (QED) is 0.256. The summed E-state index contributed by atoms with van der Waals surface area (Å²) >= 11 is 0. The molecule has 0 unspecified atom stereocenters. The van der Waals surface area contributed by atoms with Crippen LogP contribution in [0.3, 0.4) is 0 Å². The average molecular weight is 182 g/mol. The maximum Gasteiger partial charge on any atom is 0.131 e. The van der Waals surface area contributed by atoms with Gasteiger partial charge in [0.25, 0.3) is 0 Å². The Morgan fingerprint density at radius 1 is 0.917 bits per heavy atom. The molecule has 4 atom stereocenters. The lowest BCUT2D eigenvalue weighted by Crippen LogP contribution is -2.61. The second-order valence-corrected chi connectivity index (χ2v) is 2.59. The molecule has 0 aromatic heterocycles. The van der Waals surface area contributed by atoms with Crippen molar-refractivity contribution in [3.05, 3.63) is 0 Å². The predicted octanol–water partition coefficient (Wildman–Crippen LogP) is -4.34. The summed E-state index contributed by atoms with van der Waals surface area (Å²) in [5, 5.41) is 44.3. The summed E-state index contributed by atoms with van der Waals surface area (Å²) in [7, 11) is 0. The van der Waals surface area contributed by atoms with Gasteiger partial charge in [0.2, 0.25) is 0 Å². The molecule has 0 amide bonds. The standard InChI is InChI=1S/C6H15NO5/c7-1-3(9)5(11)6(12)4(10)2-8/h3-6,8-12H,1-2,7H2/p+1/t3-,4-,5-,6-/m1/s1. The van der Waals surface area contributed by atoms with Crippen LogP contribution in [0.15, 0.2) is 0 Å². The Bertz CT molecular complexity index is 109. The van der Waals surface area contributed by atoms with E-state index in [1.165, 1.54) is 0 Å². The number of aliphatic hydroxyl groups excluding tert-OH is 5. The van der Waals surface area contributed by atoms with E-state index in [2.05, 4.69) is 5.73 Å². The third-order valence-electron chi connectivity index (χ3n) is 1.62. The van der Waals surface area contributed by atoms with Gasteiger partial charge >= 0.3 is 0 Å². The molecule has 8 N–H and O–H groups in total. The Labute approximate surface area is 69.9 Å². The summed E-state index contributed by atoms with van der Waals surface area (Å²) in [5.41, 5.74) is 3.31. The normalized spacial score (nSPS) is 21.5. The van der Waals surface area contributed by atoms with Gasteiger partial charge in [-0.25, -0.2) is 0 Å². The molecular weight excluding hydrogens is 166 g/mol. The molecule has 0 saturated heterocycles. The van der Waals surface area contributed by atoms with Gasteiger partial charge in [-0.1, -0.05) is 0 Å². The van der Waals surface area contributed by atoms with Crippen LogP contribution in [0.25, 0.3) is 0 Å². The second-order valence-electron chi connectivity index (χ2n) is 2.59. The number of hydrogen-bond acceptors (Lipinski definition) is 5. The van der Waals surface area contributed by atoms with Gasteiger partial charge in [0.15, 0.2) is 0 Å². The number of rotatable bonds is 5. The lowest BCUT2D eigenvalue weighted by molar-refractivity contribution is -0.390. The van der Waals surface area contributed by atoms with E-state index in [-0.39, 0.29) is 6.54 Å². The van der Waals surface area contributed by atoms with Crippen LogP contribution in [0.2, 0.25) is 0 Å². The summed E-state index contributed by atoms with van der Waals surface area (Å²) < 4.78 is 0. The van der Waals surface area contributed by atoms with Gasteiger partial charge in [0, 0.05) is 0 Å². The second kappa shape index (κ2) is 5.41. The van der Waals surface area contributed by atoms with Crippen LogP contribution in [0.5, 0.6) is 0 Å². The predicted molar refractivity (Wildman–Crippen MR) is 38.9 cm³/mol. The first kappa shape index (κ1) is 11.8. The van der Waals surface area contributed by atoms with Crippen molar-refractivity contribution in [2.45, 2.75) is 24.4 Å². The summed E-state index contributed by atoms with van der Waals surface area (Å²) in [6, 6.07) is 0.